The first kappa shape index (κ1) is 73.3. The molecule has 16 heteroatoms. The molecule has 0 aliphatic carbocycles. The molecule has 0 aliphatic rings. The highest BCUT2D eigenvalue weighted by Gasteiger charge is 2.25. The quantitative estimate of drug-likeness (QED) is 0.0269. The van der Waals surface area contributed by atoms with Crippen molar-refractivity contribution in [3.05, 3.63) is 177 Å². The molecule has 494 valence electrons. The largest absolute Gasteiger partial charge is 0.491 e. The van der Waals surface area contributed by atoms with Crippen LogP contribution in [0.4, 0.5) is 0 Å². The van der Waals surface area contributed by atoms with Crippen LogP contribution in [0, 0.1) is 65.1 Å². The van der Waals surface area contributed by atoms with Gasteiger partial charge >= 0.3 is 29.8 Å². The minimum atomic E-state index is -0.875. The zero-order valence-electron chi connectivity index (χ0n) is 56.1. The molecule has 6 aromatic rings. The van der Waals surface area contributed by atoms with Gasteiger partial charge in [0.2, 0.25) is 0 Å². The molecule has 0 aliphatic heterocycles. The van der Waals surface area contributed by atoms with Gasteiger partial charge < -0.3 is 52.1 Å². The molecule has 1 unspecified atom stereocenters. The SMILES string of the molecule is CCCCC(CC)COc1c(C#Cc2ccc(O[C@@H](C)C(=O)OCC)cc2)c(C#Cc2ccc(O[C@@H](C)C(=O)OCC)cc2)c(C#Cc2ccc(O[C@@H](C)C(=O)OCC)cc2)c(C#Cc2ccc(O[C@@H](C)C(=O)OCC)cc2)c1C#Cc1ccc(O[C@@H](C)C(=O)OCC)cc1. The zero-order valence-corrected chi connectivity index (χ0v) is 56.1. The van der Waals surface area contributed by atoms with Gasteiger partial charge in [0, 0.05) is 27.8 Å². The van der Waals surface area contributed by atoms with Crippen LogP contribution in [0.3, 0.4) is 0 Å². The average molecular weight is 1290 g/mol. The van der Waals surface area contributed by atoms with E-state index in [4.69, 9.17) is 52.1 Å². The lowest BCUT2D eigenvalue weighted by molar-refractivity contribution is -0.151. The Hall–Kier alpha value is -10.7. The van der Waals surface area contributed by atoms with E-state index in [9.17, 15) is 24.0 Å². The standard InChI is InChI=1S/C79H82O16/c1-13-20-21-58(14-2)52-90-74-72(50-35-62-28-43-67(44-29-62)94-56(11)78(83)88-18-6)70(48-33-60-24-39-65(40-25-60)92-54(9)76(81)86-16-4)69(47-32-59-22-37-64(38-23-59)91-53(8)75(80)85-15-3)71(49-34-61-26-41-66(42-27-61)93-55(10)77(82)87-17-5)73(74)51-36-63-30-45-68(46-31-63)95-57(12)79(84)89-19-7/h22-31,37-46,53-58H,13-21,52H2,1-12H3/t53-,54-,55-,56-,57-,58?/m0/s1. The third kappa shape index (κ3) is 23.1. The number of hydrogen-bond donors (Lipinski definition) is 0. The van der Waals surface area contributed by atoms with Gasteiger partial charge in [-0.1, -0.05) is 92.3 Å². The van der Waals surface area contributed by atoms with Gasteiger partial charge in [0.1, 0.15) is 28.7 Å². The molecule has 0 amide bonds. The van der Waals surface area contributed by atoms with Crippen molar-refractivity contribution in [1.29, 1.82) is 0 Å². The van der Waals surface area contributed by atoms with Gasteiger partial charge in [-0.3, -0.25) is 0 Å². The molecule has 6 aromatic carbocycles. The van der Waals surface area contributed by atoms with Crippen LogP contribution in [-0.4, -0.2) is 100 Å². The second-order valence-electron chi connectivity index (χ2n) is 21.4. The molecule has 0 N–H and O–H groups in total. The highest BCUT2D eigenvalue weighted by Crippen LogP contribution is 2.35. The van der Waals surface area contributed by atoms with Crippen molar-refractivity contribution in [3.8, 4) is 93.7 Å². The van der Waals surface area contributed by atoms with Crippen molar-refractivity contribution in [1.82, 2.24) is 0 Å². The maximum Gasteiger partial charge on any atom is 0.347 e. The van der Waals surface area contributed by atoms with Crippen molar-refractivity contribution in [2.45, 2.75) is 139 Å². The van der Waals surface area contributed by atoms with Crippen LogP contribution in [-0.2, 0) is 47.7 Å². The van der Waals surface area contributed by atoms with Crippen LogP contribution in [0.1, 0.15) is 164 Å². The van der Waals surface area contributed by atoms with Crippen LogP contribution in [0.25, 0.3) is 0 Å². The van der Waals surface area contributed by atoms with Crippen LogP contribution in [0.15, 0.2) is 121 Å². The number of hydrogen-bond acceptors (Lipinski definition) is 16. The minimum Gasteiger partial charge on any atom is -0.491 e. The first-order chi connectivity index (χ1) is 45.9. The van der Waals surface area contributed by atoms with E-state index < -0.39 is 60.4 Å². The van der Waals surface area contributed by atoms with Gasteiger partial charge in [-0.25, -0.2) is 24.0 Å². The molecular weight excluding hydrogens is 1200 g/mol. The van der Waals surface area contributed by atoms with Crippen molar-refractivity contribution in [2.75, 3.05) is 39.6 Å². The van der Waals surface area contributed by atoms with E-state index in [-0.39, 0.29) is 51.3 Å². The van der Waals surface area contributed by atoms with Gasteiger partial charge in [-0.15, -0.1) is 0 Å². The summed E-state index contributed by atoms with van der Waals surface area (Å²) in [5.74, 6) is 34.1. The third-order valence-corrected chi connectivity index (χ3v) is 14.0. The summed E-state index contributed by atoms with van der Waals surface area (Å²) >= 11 is 0. The van der Waals surface area contributed by atoms with Crippen molar-refractivity contribution < 1.29 is 76.1 Å². The summed E-state index contributed by atoms with van der Waals surface area (Å²) in [7, 11) is 0. The highest BCUT2D eigenvalue weighted by atomic mass is 16.6. The first-order valence-corrected chi connectivity index (χ1v) is 32.0. The maximum absolute atomic E-state index is 12.6. The molecule has 0 fully saturated rings. The molecule has 95 heavy (non-hydrogen) atoms. The Bertz CT molecular complexity index is 3690. The fourth-order valence-corrected chi connectivity index (χ4v) is 8.90. The Morgan fingerprint density at radius 3 is 0.747 bits per heavy atom. The lowest BCUT2D eigenvalue weighted by Gasteiger charge is -2.20. The summed E-state index contributed by atoms with van der Waals surface area (Å²) in [5.41, 5.74) is 4.52. The molecule has 0 saturated heterocycles. The van der Waals surface area contributed by atoms with Gasteiger partial charge in [-0.2, -0.15) is 0 Å². The number of ether oxygens (including phenoxy) is 11. The number of carbonyl (C=O) groups is 5. The van der Waals surface area contributed by atoms with E-state index >= 15 is 0 Å². The Balaban J connectivity index is 1.73. The van der Waals surface area contributed by atoms with E-state index in [1.54, 1.807) is 191 Å². The van der Waals surface area contributed by atoms with Crippen LogP contribution >= 0.6 is 0 Å². The van der Waals surface area contributed by atoms with E-state index in [1.165, 1.54) is 0 Å². The average Bonchev–Trinajstić information content (AvgIpc) is 0.773. The molecule has 0 spiro atoms. The van der Waals surface area contributed by atoms with E-state index in [2.05, 4.69) is 73.1 Å². The van der Waals surface area contributed by atoms with Crippen molar-refractivity contribution >= 4 is 29.8 Å². The summed E-state index contributed by atoms with van der Waals surface area (Å²) in [6.07, 6.45) is -0.726. The van der Waals surface area contributed by atoms with E-state index in [0.29, 0.717) is 84.4 Å². The van der Waals surface area contributed by atoms with Gasteiger partial charge in [0.25, 0.3) is 0 Å². The molecule has 0 saturated carbocycles. The predicted molar refractivity (Wildman–Crippen MR) is 361 cm³/mol. The maximum atomic E-state index is 12.6. The van der Waals surface area contributed by atoms with Crippen molar-refractivity contribution in [2.24, 2.45) is 5.92 Å². The third-order valence-electron chi connectivity index (χ3n) is 14.0. The normalized spacial score (nSPS) is 12.2. The summed E-state index contributed by atoms with van der Waals surface area (Å²) in [6.45, 7) is 22.3. The molecule has 0 heterocycles. The molecule has 0 radical (unpaired) electrons. The summed E-state index contributed by atoms with van der Waals surface area (Å²) in [6, 6.07) is 34.8. The molecule has 6 atom stereocenters. The molecular formula is C79H82O16. The number of unbranched alkanes of at least 4 members (excludes halogenated alkanes) is 1. The smallest absolute Gasteiger partial charge is 0.347 e. The molecule has 6 rings (SSSR count). The second-order valence-corrected chi connectivity index (χ2v) is 21.4. The predicted octanol–water partition coefficient (Wildman–Crippen LogP) is 12.9. The Morgan fingerprint density at radius 2 is 0.537 bits per heavy atom. The summed E-state index contributed by atoms with van der Waals surface area (Å²) in [5, 5.41) is 0. The fourth-order valence-electron chi connectivity index (χ4n) is 8.90. The highest BCUT2D eigenvalue weighted by molar-refractivity contribution is 5.79. The van der Waals surface area contributed by atoms with Gasteiger partial charge in [-0.05, 0) is 203 Å². The minimum absolute atomic E-state index is 0.112. The summed E-state index contributed by atoms with van der Waals surface area (Å²) in [4.78, 5) is 62.8. The van der Waals surface area contributed by atoms with Gasteiger partial charge in [0.05, 0.1) is 67.5 Å². The Labute approximate surface area is 558 Å². The van der Waals surface area contributed by atoms with E-state index in [0.717, 1.165) is 25.7 Å². The zero-order chi connectivity index (χ0) is 68.7. The summed E-state index contributed by atoms with van der Waals surface area (Å²) < 4.78 is 62.8. The Morgan fingerprint density at radius 1 is 0.316 bits per heavy atom. The van der Waals surface area contributed by atoms with Crippen LogP contribution in [0.5, 0.6) is 34.5 Å². The lowest BCUT2D eigenvalue weighted by Crippen LogP contribution is -2.26. The topological polar surface area (TPSA) is 187 Å². The first-order valence-electron chi connectivity index (χ1n) is 32.0. The van der Waals surface area contributed by atoms with Gasteiger partial charge in [0.15, 0.2) is 36.3 Å². The monoisotopic (exact) mass is 1290 g/mol. The lowest BCUT2D eigenvalue weighted by atomic mass is 9.89. The Kier molecular flexibility index (Phi) is 29.6. The number of carbonyl (C=O) groups excluding carboxylic acids is 5. The molecule has 16 nitrogen and oxygen atoms in total. The van der Waals surface area contributed by atoms with Crippen LogP contribution < -0.4 is 28.4 Å². The second kappa shape index (κ2) is 38.3. The molecule has 0 aromatic heterocycles. The number of benzene rings is 6. The fraction of sp³-hybridized carbons (Fsp3) is 0.354. The number of esters is 5. The van der Waals surface area contributed by atoms with E-state index in [1.807, 2.05) is 0 Å². The number of rotatable bonds is 27. The molecule has 0 bridgehead atoms. The van der Waals surface area contributed by atoms with Crippen molar-refractivity contribution in [3.63, 3.8) is 0 Å². The van der Waals surface area contributed by atoms with Crippen LogP contribution in [0.2, 0.25) is 0 Å².